The van der Waals surface area contributed by atoms with Crippen molar-refractivity contribution in [1.82, 2.24) is 4.90 Å². The summed E-state index contributed by atoms with van der Waals surface area (Å²) >= 11 is 1.46. The van der Waals surface area contributed by atoms with Crippen molar-refractivity contribution in [3.63, 3.8) is 0 Å². The number of methoxy groups -OCH3 is 1. The zero-order chi connectivity index (χ0) is 18.0. The molecule has 5 nitrogen and oxygen atoms in total. The SMILES string of the molecule is COc1cccc(N2CC(C)N(Cc3csc(C(C)=O)c3)CC2=O)c1. The molecule has 6 heteroatoms. The summed E-state index contributed by atoms with van der Waals surface area (Å²) in [6.07, 6.45) is 0. The highest BCUT2D eigenvalue weighted by Crippen LogP contribution is 2.26. The Hall–Kier alpha value is -2.18. The van der Waals surface area contributed by atoms with Crippen molar-refractivity contribution < 1.29 is 14.3 Å². The Morgan fingerprint density at radius 3 is 2.84 bits per heavy atom. The fraction of sp³-hybridized carbons (Fsp3) is 0.368. The quantitative estimate of drug-likeness (QED) is 0.770. The van der Waals surface area contributed by atoms with Crippen LogP contribution in [0.2, 0.25) is 0 Å². The number of rotatable bonds is 5. The number of thiophene rings is 1. The molecule has 25 heavy (non-hydrogen) atoms. The number of ether oxygens (including phenoxy) is 1. The molecule has 1 atom stereocenters. The molecule has 132 valence electrons. The maximum atomic E-state index is 12.6. The highest BCUT2D eigenvalue weighted by atomic mass is 32.1. The third-order valence-electron chi connectivity index (χ3n) is 4.46. The Labute approximate surface area is 151 Å². The van der Waals surface area contributed by atoms with Gasteiger partial charge >= 0.3 is 0 Å². The van der Waals surface area contributed by atoms with Gasteiger partial charge in [0.05, 0.1) is 18.5 Å². The Bertz CT molecular complexity index is 786. The van der Waals surface area contributed by atoms with Gasteiger partial charge in [0.25, 0.3) is 0 Å². The summed E-state index contributed by atoms with van der Waals surface area (Å²) in [4.78, 5) is 28.8. The van der Waals surface area contributed by atoms with Crippen LogP contribution in [0.25, 0.3) is 0 Å². The number of amides is 1. The molecule has 0 bridgehead atoms. The molecule has 1 aliphatic rings. The third-order valence-corrected chi connectivity index (χ3v) is 5.54. The summed E-state index contributed by atoms with van der Waals surface area (Å²) < 4.78 is 5.25. The van der Waals surface area contributed by atoms with Crippen LogP contribution >= 0.6 is 11.3 Å². The third kappa shape index (κ3) is 3.91. The zero-order valence-corrected chi connectivity index (χ0v) is 15.5. The second-order valence-electron chi connectivity index (χ2n) is 6.34. The Morgan fingerprint density at radius 2 is 2.16 bits per heavy atom. The van der Waals surface area contributed by atoms with Crippen LogP contribution in [0, 0.1) is 0 Å². The molecule has 2 heterocycles. The second-order valence-corrected chi connectivity index (χ2v) is 7.25. The van der Waals surface area contributed by atoms with Gasteiger partial charge in [-0.1, -0.05) is 6.07 Å². The molecule has 0 radical (unpaired) electrons. The molecular weight excluding hydrogens is 336 g/mol. The van der Waals surface area contributed by atoms with Gasteiger partial charge in [-0.25, -0.2) is 0 Å². The number of benzene rings is 1. The van der Waals surface area contributed by atoms with E-state index in [0.717, 1.165) is 21.9 Å². The van der Waals surface area contributed by atoms with Crippen LogP contribution < -0.4 is 9.64 Å². The van der Waals surface area contributed by atoms with Crippen molar-refractivity contribution in [2.45, 2.75) is 26.4 Å². The van der Waals surface area contributed by atoms with Crippen LogP contribution in [0.1, 0.15) is 29.1 Å². The van der Waals surface area contributed by atoms with E-state index < -0.39 is 0 Å². The van der Waals surface area contributed by atoms with Gasteiger partial charge in [0, 0.05) is 30.9 Å². The van der Waals surface area contributed by atoms with Crippen LogP contribution in [0.5, 0.6) is 5.75 Å². The summed E-state index contributed by atoms with van der Waals surface area (Å²) in [5, 5.41) is 2.00. The molecule has 1 saturated heterocycles. The van der Waals surface area contributed by atoms with Crippen LogP contribution in [0.4, 0.5) is 5.69 Å². The minimum absolute atomic E-state index is 0.0772. The molecular formula is C19H22N2O3S. The van der Waals surface area contributed by atoms with E-state index >= 15 is 0 Å². The van der Waals surface area contributed by atoms with Gasteiger partial charge in [-0.15, -0.1) is 11.3 Å². The monoisotopic (exact) mass is 358 g/mol. The van der Waals surface area contributed by atoms with Crippen molar-refractivity contribution in [2.75, 3.05) is 25.1 Å². The minimum atomic E-state index is 0.0772. The maximum absolute atomic E-state index is 12.6. The topological polar surface area (TPSA) is 49.9 Å². The Morgan fingerprint density at radius 1 is 1.36 bits per heavy atom. The molecule has 1 aromatic heterocycles. The first kappa shape index (κ1) is 17.6. The van der Waals surface area contributed by atoms with Crippen molar-refractivity contribution in [3.05, 3.63) is 46.2 Å². The van der Waals surface area contributed by atoms with E-state index in [0.29, 0.717) is 19.6 Å². The van der Waals surface area contributed by atoms with E-state index in [9.17, 15) is 9.59 Å². The summed E-state index contributed by atoms with van der Waals surface area (Å²) in [5.41, 5.74) is 1.95. The fourth-order valence-corrected chi connectivity index (χ4v) is 3.82. The number of hydrogen-bond acceptors (Lipinski definition) is 5. The predicted octanol–water partition coefficient (Wildman–Crippen LogP) is 3.20. The summed E-state index contributed by atoms with van der Waals surface area (Å²) in [5.74, 6) is 0.909. The van der Waals surface area contributed by atoms with Crippen LogP contribution in [0.3, 0.4) is 0 Å². The largest absolute Gasteiger partial charge is 0.497 e. The van der Waals surface area contributed by atoms with Gasteiger partial charge in [0.15, 0.2) is 5.78 Å². The molecule has 2 aromatic rings. The number of carbonyl (C=O) groups is 2. The summed E-state index contributed by atoms with van der Waals surface area (Å²) in [6, 6.07) is 9.74. The normalized spacial score (nSPS) is 18.4. The maximum Gasteiger partial charge on any atom is 0.241 e. The average molecular weight is 358 g/mol. The van der Waals surface area contributed by atoms with Crippen LogP contribution in [0.15, 0.2) is 35.7 Å². The van der Waals surface area contributed by atoms with Crippen molar-refractivity contribution in [1.29, 1.82) is 0 Å². The van der Waals surface area contributed by atoms with E-state index in [2.05, 4.69) is 11.8 Å². The summed E-state index contributed by atoms with van der Waals surface area (Å²) in [7, 11) is 1.62. The van der Waals surface area contributed by atoms with E-state index in [4.69, 9.17) is 4.74 Å². The fourth-order valence-electron chi connectivity index (χ4n) is 3.01. The molecule has 0 spiro atoms. The van der Waals surface area contributed by atoms with Gasteiger partial charge in [0.2, 0.25) is 5.91 Å². The average Bonchev–Trinajstić information content (AvgIpc) is 3.07. The number of carbonyl (C=O) groups excluding carboxylic acids is 2. The molecule has 1 fully saturated rings. The highest BCUT2D eigenvalue weighted by molar-refractivity contribution is 7.12. The first-order chi connectivity index (χ1) is 12.0. The molecule has 1 unspecified atom stereocenters. The number of nitrogens with zero attached hydrogens (tertiary/aromatic N) is 2. The summed E-state index contributed by atoms with van der Waals surface area (Å²) in [6.45, 7) is 5.38. The van der Waals surface area contributed by atoms with Crippen LogP contribution in [-0.2, 0) is 11.3 Å². The lowest BCUT2D eigenvalue weighted by atomic mass is 10.1. The van der Waals surface area contributed by atoms with E-state index in [1.165, 1.54) is 11.3 Å². The smallest absolute Gasteiger partial charge is 0.241 e. The number of Topliss-reactive ketones (excluding diaryl/α,β-unsaturated/α-hetero) is 1. The van der Waals surface area contributed by atoms with E-state index in [-0.39, 0.29) is 17.7 Å². The highest BCUT2D eigenvalue weighted by Gasteiger charge is 2.30. The van der Waals surface area contributed by atoms with Crippen LogP contribution in [-0.4, -0.2) is 42.8 Å². The van der Waals surface area contributed by atoms with Crippen molar-refractivity contribution >= 4 is 28.7 Å². The van der Waals surface area contributed by atoms with Gasteiger partial charge in [-0.3, -0.25) is 14.5 Å². The Balaban J connectivity index is 1.70. The molecule has 0 N–H and O–H groups in total. The van der Waals surface area contributed by atoms with E-state index in [1.807, 2.05) is 40.6 Å². The van der Waals surface area contributed by atoms with Gasteiger partial charge in [-0.05, 0) is 43.0 Å². The number of anilines is 1. The molecule has 1 aromatic carbocycles. The van der Waals surface area contributed by atoms with E-state index in [1.54, 1.807) is 14.0 Å². The first-order valence-corrected chi connectivity index (χ1v) is 9.12. The zero-order valence-electron chi connectivity index (χ0n) is 14.7. The molecule has 1 aliphatic heterocycles. The molecule has 0 saturated carbocycles. The number of ketones is 1. The molecule has 1 amide bonds. The number of hydrogen-bond donors (Lipinski definition) is 0. The molecule has 3 rings (SSSR count). The Kier molecular flexibility index (Phi) is 5.20. The lowest BCUT2D eigenvalue weighted by Gasteiger charge is -2.39. The predicted molar refractivity (Wildman–Crippen MR) is 99.5 cm³/mol. The number of piperazine rings is 1. The lowest BCUT2D eigenvalue weighted by molar-refractivity contribution is -0.122. The van der Waals surface area contributed by atoms with Gasteiger partial charge < -0.3 is 9.64 Å². The first-order valence-electron chi connectivity index (χ1n) is 8.24. The van der Waals surface area contributed by atoms with Crippen molar-refractivity contribution in [3.8, 4) is 5.75 Å². The second kappa shape index (κ2) is 7.37. The van der Waals surface area contributed by atoms with Gasteiger partial charge in [-0.2, -0.15) is 0 Å². The molecule has 0 aliphatic carbocycles. The van der Waals surface area contributed by atoms with Crippen molar-refractivity contribution in [2.24, 2.45) is 0 Å². The van der Waals surface area contributed by atoms with Gasteiger partial charge in [0.1, 0.15) is 5.75 Å². The minimum Gasteiger partial charge on any atom is -0.497 e. The standard InChI is InChI=1S/C19H22N2O3S/c1-13-9-21(16-5-4-6-17(8-16)24-3)19(23)11-20(13)10-15-7-18(14(2)22)25-12-15/h4-8,12-13H,9-11H2,1-3H3. The lowest BCUT2D eigenvalue weighted by Crippen LogP contribution is -2.54.